The van der Waals surface area contributed by atoms with Crippen LogP contribution in [0.5, 0.6) is 0 Å². The molecule has 2 aromatic heterocycles. The van der Waals surface area contributed by atoms with Crippen molar-refractivity contribution in [3.8, 4) is 5.69 Å². The average Bonchev–Trinajstić information content (AvgIpc) is 3.15. The molecule has 0 fully saturated rings. The number of nitrogens with one attached hydrogen (secondary N) is 2. The normalized spacial score (nSPS) is 10.4. The Labute approximate surface area is 138 Å². The van der Waals surface area contributed by atoms with Crippen LogP contribution < -0.4 is 10.6 Å². The van der Waals surface area contributed by atoms with Crippen LogP contribution in [-0.2, 0) is 16.6 Å². The summed E-state index contributed by atoms with van der Waals surface area (Å²) >= 11 is 0. The zero-order chi connectivity index (χ0) is 17.1. The van der Waals surface area contributed by atoms with E-state index in [2.05, 4.69) is 20.8 Å². The van der Waals surface area contributed by atoms with E-state index in [4.69, 9.17) is 0 Å². The third kappa shape index (κ3) is 3.32. The number of carbonyl (C=O) groups is 2. The largest absolute Gasteiger partial charge is 0.315 e. The summed E-state index contributed by atoms with van der Waals surface area (Å²) in [6, 6.07) is 11.1. The Morgan fingerprint density at radius 1 is 1.08 bits per heavy atom. The van der Waals surface area contributed by atoms with Crippen molar-refractivity contribution in [3.63, 3.8) is 0 Å². The molecule has 0 atom stereocenters. The SMILES string of the molecule is Cc1cc(NC(=O)C(=O)Nc2cnn(-c3ccccc3)c2)n(C)n1. The molecule has 0 aliphatic rings. The van der Waals surface area contributed by atoms with Crippen LogP contribution in [0.2, 0.25) is 0 Å². The number of anilines is 2. The Balaban J connectivity index is 1.65. The Bertz CT molecular complexity index is 881. The lowest BCUT2D eigenvalue weighted by Crippen LogP contribution is -2.29. The van der Waals surface area contributed by atoms with Gasteiger partial charge in [-0.15, -0.1) is 0 Å². The van der Waals surface area contributed by atoms with E-state index < -0.39 is 11.8 Å². The number of hydrogen-bond acceptors (Lipinski definition) is 4. The van der Waals surface area contributed by atoms with Crippen LogP contribution in [0.15, 0.2) is 48.8 Å². The lowest BCUT2D eigenvalue weighted by atomic mass is 10.3. The maximum atomic E-state index is 12.0. The fourth-order valence-electron chi connectivity index (χ4n) is 2.20. The van der Waals surface area contributed by atoms with Crippen molar-refractivity contribution < 1.29 is 9.59 Å². The monoisotopic (exact) mass is 324 g/mol. The molecule has 3 rings (SSSR count). The fourth-order valence-corrected chi connectivity index (χ4v) is 2.20. The minimum atomic E-state index is -0.776. The van der Waals surface area contributed by atoms with Gasteiger partial charge in [0.1, 0.15) is 5.82 Å². The summed E-state index contributed by atoms with van der Waals surface area (Å²) in [6.07, 6.45) is 3.11. The summed E-state index contributed by atoms with van der Waals surface area (Å²) < 4.78 is 3.10. The van der Waals surface area contributed by atoms with Gasteiger partial charge in [-0.05, 0) is 19.1 Å². The number of nitrogens with zero attached hydrogens (tertiary/aromatic N) is 4. The Kier molecular flexibility index (Phi) is 4.11. The van der Waals surface area contributed by atoms with E-state index in [0.29, 0.717) is 11.5 Å². The molecule has 0 unspecified atom stereocenters. The third-order valence-corrected chi connectivity index (χ3v) is 3.31. The van der Waals surface area contributed by atoms with Crippen molar-refractivity contribution in [1.29, 1.82) is 0 Å². The number of aryl methyl sites for hydroxylation is 2. The highest BCUT2D eigenvalue weighted by atomic mass is 16.2. The van der Waals surface area contributed by atoms with E-state index >= 15 is 0 Å². The van der Waals surface area contributed by atoms with Gasteiger partial charge in [0.05, 0.1) is 29.5 Å². The van der Waals surface area contributed by atoms with Crippen LogP contribution in [0.1, 0.15) is 5.69 Å². The van der Waals surface area contributed by atoms with Crippen molar-refractivity contribution in [2.45, 2.75) is 6.92 Å². The fraction of sp³-hybridized carbons (Fsp3) is 0.125. The molecule has 0 saturated heterocycles. The first-order valence-electron chi connectivity index (χ1n) is 7.26. The summed E-state index contributed by atoms with van der Waals surface area (Å²) in [4.78, 5) is 24.0. The topological polar surface area (TPSA) is 93.8 Å². The molecule has 0 aliphatic carbocycles. The van der Waals surface area contributed by atoms with E-state index in [-0.39, 0.29) is 0 Å². The summed E-state index contributed by atoms with van der Waals surface area (Å²) in [5.41, 5.74) is 2.03. The van der Waals surface area contributed by atoms with E-state index in [9.17, 15) is 9.59 Å². The van der Waals surface area contributed by atoms with Gasteiger partial charge >= 0.3 is 11.8 Å². The van der Waals surface area contributed by atoms with E-state index in [0.717, 1.165) is 11.4 Å². The molecule has 122 valence electrons. The van der Waals surface area contributed by atoms with Crippen molar-refractivity contribution in [3.05, 3.63) is 54.5 Å². The molecule has 2 amide bonds. The summed E-state index contributed by atoms with van der Waals surface area (Å²) in [6.45, 7) is 1.80. The number of amides is 2. The smallest absolute Gasteiger partial charge is 0.315 e. The second-order valence-corrected chi connectivity index (χ2v) is 5.21. The van der Waals surface area contributed by atoms with Gasteiger partial charge in [0, 0.05) is 13.1 Å². The summed E-state index contributed by atoms with van der Waals surface area (Å²) in [5.74, 6) is -1.10. The van der Waals surface area contributed by atoms with Crippen LogP contribution >= 0.6 is 0 Å². The number of carbonyl (C=O) groups excluding carboxylic acids is 2. The lowest BCUT2D eigenvalue weighted by molar-refractivity contribution is -0.133. The second kappa shape index (κ2) is 6.37. The maximum Gasteiger partial charge on any atom is 0.315 e. The summed E-state index contributed by atoms with van der Waals surface area (Å²) in [7, 11) is 1.68. The quantitative estimate of drug-likeness (QED) is 0.714. The third-order valence-electron chi connectivity index (χ3n) is 3.31. The molecule has 0 spiro atoms. The van der Waals surface area contributed by atoms with Crippen molar-refractivity contribution >= 4 is 23.3 Å². The zero-order valence-corrected chi connectivity index (χ0v) is 13.2. The highest BCUT2D eigenvalue weighted by Gasteiger charge is 2.16. The minimum absolute atomic E-state index is 0.431. The summed E-state index contributed by atoms with van der Waals surface area (Å²) in [5, 5.41) is 13.3. The van der Waals surface area contributed by atoms with E-state index in [1.54, 1.807) is 30.9 Å². The van der Waals surface area contributed by atoms with Gasteiger partial charge in [-0.3, -0.25) is 14.3 Å². The number of para-hydroxylation sites is 1. The number of aromatic nitrogens is 4. The van der Waals surface area contributed by atoms with Crippen LogP contribution in [-0.4, -0.2) is 31.4 Å². The van der Waals surface area contributed by atoms with Crippen LogP contribution in [0, 0.1) is 6.92 Å². The Hall–Kier alpha value is -3.42. The Morgan fingerprint density at radius 3 is 2.46 bits per heavy atom. The van der Waals surface area contributed by atoms with Crippen molar-refractivity contribution in [2.24, 2.45) is 7.05 Å². The second-order valence-electron chi connectivity index (χ2n) is 5.21. The van der Waals surface area contributed by atoms with Gasteiger partial charge in [0.25, 0.3) is 0 Å². The maximum absolute atomic E-state index is 12.0. The first-order chi connectivity index (χ1) is 11.5. The molecule has 2 heterocycles. The minimum Gasteiger partial charge on any atom is -0.315 e. The standard InChI is InChI=1S/C16H16N6O2/c1-11-8-14(21(2)20-11)19-16(24)15(23)18-12-9-17-22(10-12)13-6-4-3-5-7-13/h3-10H,1-2H3,(H,18,23)(H,19,24). The molecule has 0 aliphatic heterocycles. The molecule has 0 saturated carbocycles. The average molecular weight is 324 g/mol. The van der Waals surface area contributed by atoms with Crippen molar-refractivity contribution in [1.82, 2.24) is 19.6 Å². The van der Waals surface area contributed by atoms with Gasteiger partial charge in [-0.2, -0.15) is 10.2 Å². The highest BCUT2D eigenvalue weighted by Crippen LogP contribution is 2.12. The van der Waals surface area contributed by atoms with E-state index in [1.807, 2.05) is 30.3 Å². The van der Waals surface area contributed by atoms with Gasteiger partial charge < -0.3 is 10.6 Å². The molecule has 8 nitrogen and oxygen atoms in total. The number of rotatable bonds is 3. The molecule has 24 heavy (non-hydrogen) atoms. The van der Waals surface area contributed by atoms with Gasteiger partial charge in [-0.25, -0.2) is 4.68 Å². The molecule has 0 bridgehead atoms. The molecule has 0 radical (unpaired) electrons. The number of benzene rings is 1. The predicted molar refractivity (Wildman–Crippen MR) is 88.8 cm³/mol. The highest BCUT2D eigenvalue weighted by molar-refractivity contribution is 6.43. The lowest BCUT2D eigenvalue weighted by Gasteiger charge is -2.05. The molecule has 3 aromatic rings. The first kappa shape index (κ1) is 15.5. The molecule has 8 heteroatoms. The van der Waals surface area contributed by atoms with Crippen molar-refractivity contribution in [2.75, 3.05) is 10.6 Å². The zero-order valence-electron chi connectivity index (χ0n) is 13.2. The van der Waals surface area contributed by atoms with Crippen LogP contribution in [0.3, 0.4) is 0 Å². The number of hydrogen-bond donors (Lipinski definition) is 2. The van der Waals surface area contributed by atoms with Gasteiger partial charge in [-0.1, -0.05) is 18.2 Å². The first-order valence-corrected chi connectivity index (χ1v) is 7.26. The molecule has 2 N–H and O–H groups in total. The van der Waals surface area contributed by atoms with Gasteiger partial charge in [0.15, 0.2) is 0 Å². The van der Waals surface area contributed by atoms with Gasteiger partial charge in [0.2, 0.25) is 0 Å². The molecule has 1 aromatic carbocycles. The Morgan fingerprint density at radius 2 is 1.79 bits per heavy atom. The molecular weight excluding hydrogens is 308 g/mol. The van der Waals surface area contributed by atoms with Crippen LogP contribution in [0.25, 0.3) is 5.69 Å². The predicted octanol–water partition coefficient (Wildman–Crippen LogP) is 1.49. The van der Waals surface area contributed by atoms with E-state index in [1.165, 1.54) is 10.9 Å². The molecular formula is C16H16N6O2. The van der Waals surface area contributed by atoms with Crippen LogP contribution in [0.4, 0.5) is 11.5 Å².